The first-order valence-corrected chi connectivity index (χ1v) is 19.2. The third-order valence-electron chi connectivity index (χ3n) is 10.6. The standard InChI is InChI=1S/C41H55N7O7/c1-40(2,53)35-11-16-43-39(44-35)48-21-24-55-41(28-48)14-18-47(19-15-41)27-30-6-4-5-29(25-30)12-22-54-23-13-37(52)46(3)20-17-42-26-34(50)31-7-9-33(49)38-32(31)8-10-36(51)45-38/h4-11,16,25,34,42,49-50,53H,12-15,17-24,26-28H2,1-3H3,(H,45,51)/t34-/m0/s1. The Morgan fingerprint density at radius 1 is 1.11 bits per heavy atom. The van der Waals surface area contributed by atoms with Crippen molar-refractivity contribution in [3.63, 3.8) is 0 Å². The van der Waals surface area contributed by atoms with Crippen molar-refractivity contribution >= 4 is 22.8 Å². The van der Waals surface area contributed by atoms with E-state index >= 15 is 0 Å². The van der Waals surface area contributed by atoms with E-state index in [1.807, 2.05) is 0 Å². The van der Waals surface area contributed by atoms with Gasteiger partial charge in [0.15, 0.2) is 0 Å². The number of ether oxygens (including phenoxy) is 2. The second-order valence-corrected chi connectivity index (χ2v) is 15.3. The molecule has 2 aromatic carbocycles. The van der Waals surface area contributed by atoms with Crippen LogP contribution in [0, 0.1) is 0 Å². The molecular formula is C41H55N7O7. The number of rotatable bonds is 16. The summed E-state index contributed by atoms with van der Waals surface area (Å²) in [4.78, 5) is 42.4. The van der Waals surface area contributed by atoms with Gasteiger partial charge in [0.1, 0.15) is 11.4 Å². The van der Waals surface area contributed by atoms with E-state index in [1.54, 1.807) is 50.2 Å². The molecule has 2 fully saturated rings. The molecule has 1 atom stereocenters. The first-order chi connectivity index (χ1) is 26.4. The number of carbonyl (C=O) groups is 1. The fraction of sp³-hybridized carbons (Fsp3) is 0.512. The molecule has 14 nitrogen and oxygen atoms in total. The molecule has 0 saturated carbocycles. The number of phenols is 1. The van der Waals surface area contributed by atoms with Crippen LogP contribution in [0.1, 0.15) is 61.6 Å². The van der Waals surface area contributed by atoms with Gasteiger partial charge in [-0.05, 0) is 68.0 Å². The summed E-state index contributed by atoms with van der Waals surface area (Å²) in [5.74, 6) is 0.577. The lowest BCUT2D eigenvalue weighted by Gasteiger charge is -2.47. The van der Waals surface area contributed by atoms with Gasteiger partial charge in [0.2, 0.25) is 17.4 Å². The minimum atomic E-state index is -1.02. The first kappa shape index (κ1) is 40.2. The Hall–Kier alpha value is -4.44. The molecule has 2 saturated heterocycles. The molecule has 55 heavy (non-hydrogen) atoms. The number of piperidine rings is 1. The maximum atomic E-state index is 12.7. The van der Waals surface area contributed by atoms with Crippen molar-refractivity contribution in [3.05, 3.63) is 93.5 Å². The number of hydrogen-bond acceptors (Lipinski definition) is 12. The van der Waals surface area contributed by atoms with Gasteiger partial charge in [-0.1, -0.05) is 30.3 Å². The van der Waals surface area contributed by atoms with Crippen molar-refractivity contribution in [2.24, 2.45) is 0 Å². The second kappa shape index (κ2) is 18.0. The molecule has 1 spiro atoms. The number of aromatic amines is 1. The number of amides is 1. The minimum Gasteiger partial charge on any atom is -0.506 e. The predicted octanol–water partition coefficient (Wildman–Crippen LogP) is 2.85. The molecule has 4 heterocycles. The average molecular weight is 758 g/mol. The zero-order valence-electron chi connectivity index (χ0n) is 32.2. The fourth-order valence-corrected chi connectivity index (χ4v) is 7.33. The number of benzene rings is 2. The summed E-state index contributed by atoms with van der Waals surface area (Å²) >= 11 is 0. The number of pyridine rings is 1. The topological polar surface area (TPSA) is 177 Å². The lowest BCUT2D eigenvalue weighted by Crippen LogP contribution is -2.57. The van der Waals surface area contributed by atoms with Gasteiger partial charge in [-0.3, -0.25) is 14.5 Å². The summed E-state index contributed by atoms with van der Waals surface area (Å²) in [6.45, 7) is 10.4. The van der Waals surface area contributed by atoms with Crippen molar-refractivity contribution in [1.29, 1.82) is 0 Å². The molecule has 6 rings (SSSR count). The Morgan fingerprint density at radius 3 is 2.71 bits per heavy atom. The molecule has 0 radical (unpaired) electrons. The number of anilines is 1. The molecule has 0 bridgehead atoms. The van der Waals surface area contributed by atoms with Crippen LogP contribution in [0.5, 0.6) is 5.75 Å². The highest BCUT2D eigenvalue weighted by Crippen LogP contribution is 2.33. The van der Waals surface area contributed by atoms with Gasteiger partial charge in [0.05, 0.1) is 55.7 Å². The molecule has 296 valence electrons. The second-order valence-electron chi connectivity index (χ2n) is 15.3. The number of nitrogens with one attached hydrogen (secondary N) is 2. The van der Waals surface area contributed by atoms with E-state index in [1.165, 1.54) is 23.3 Å². The number of aromatic nitrogens is 3. The SMILES string of the molecule is CN(CCNC[C@H](O)c1ccc(O)c2[nH]c(=O)ccc12)C(=O)CCOCCc1cccc(CN2CCC3(CC2)CN(c2nccc(C(C)(C)O)n2)CCO3)c1. The van der Waals surface area contributed by atoms with Crippen LogP contribution in [0.4, 0.5) is 5.95 Å². The highest BCUT2D eigenvalue weighted by atomic mass is 16.5. The molecule has 2 aromatic heterocycles. The summed E-state index contributed by atoms with van der Waals surface area (Å²) in [7, 11) is 1.75. The lowest BCUT2D eigenvalue weighted by atomic mass is 9.89. The summed E-state index contributed by atoms with van der Waals surface area (Å²) in [5.41, 5.74) is 2.38. The molecule has 2 aliphatic heterocycles. The number of morpholine rings is 1. The minimum absolute atomic E-state index is 0.0132. The zero-order chi connectivity index (χ0) is 39.0. The number of carbonyl (C=O) groups excluding carboxylic acids is 1. The Bertz CT molecular complexity index is 1960. The quantitative estimate of drug-likeness (QED) is 0.106. The number of hydrogen-bond donors (Lipinski definition) is 5. The van der Waals surface area contributed by atoms with Gasteiger partial charge in [-0.2, -0.15) is 0 Å². The number of phenolic OH excluding ortho intramolecular Hbond substituents is 1. The monoisotopic (exact) mass is 757 g/mol. The summed E-state index contributed by atoms with van der Waals surface area (Å²) in [5, 5.41) is 35.0. The maximum Gasteiger partial charge on any atom is 0.248 e. The van der Waals surface area contributed by atoms with E-state index in [2.05, 4.69) is 54.3 Å². The van der Waals surface area contributed by atoms with E-state index in [-0.39, 0.29) is 35.8 Å². The summed E-state index contributed by atoms with van der Waals surface area (Å²) in [6.07, 6.45) is 3.77. The molecule has 14 heteroatoms. The fourth-order valence-electron chi connectivity index (χ4n) is 7.33. The average Bonchev–Trinajstić information content (AvgIpc) is 3.17. The van der Waals surface area contributed by atoms with Crippen LogP contribution in [-0.4, -0.2) is 124 Å². The number of H-pyrrole nitrogens is 1. The van der Waals surface area contributed by atoms with Gasteiger partial charge in [0, 0.05) is 70.5 Å². The van der Waals surface area contributed by atoms with Crippen molar-refractivity contribution < 1.29 is 29.6 Å². The number of nitrogens with zero attached hydrogens (tertiary/aromatic N) is 5. The largest absolute Gasteiger partial charge is 0.506 e. The number of aliphatic hydroxyl groups excluding tert-OH is 1. The Kier molecular flexibility index (Phi) is 13.2. The van der Waals surface area contributed by atoms with Crippen LogP contribution in [-0.2, 0) is 32.8 Å². The van der Waals surface area contributed by atoms with E-state index in [0.717, 1.165) is 52.0 Å². The van der Waals surface area contributed by atoms with Crippen molar-refractivity contribution in [3.8, 4) is 5.75 Å². The summed E-state index contributed by atoms with van der Waals surface area (Å²) in [6, 6.07) is 16.4. The van der Waals surface area contributed by atoms with Crippen molar-refractivity contribution in [2.45, 2.75) is 63.4 Å². The molecule has 4 aromatic rings. The van der Waals surface area contributed by atoms with Crippen LogP contribution in [0.3, 0.4) is 0 Å². The van der Waals surface area contributed by atoms with Crippen molar-refractivity contribution in [1.82, 2.24) is 30.1 Å². The molecule has 5 N–H and O–H groups in total. The van der Waals surface area contributed by atoms with Gasteiger partial charge < -0.3 is 44.9 Å². The normalized spacial score (nSPS) is 16.8. The highest BCUT2D eigenvalue weighted by Gasteiger charge is 2.40. The Labute approximate surface area is 322 Å². The summed E-state index contributed by atoms with van der Waals surface area (Å²) < 4.78 is 12.2. The number of aromatic hydroxyl groups is 1. The van der Waals surface area contributed by atoms with Gasteiger partial charge >= 0.3 is 0 Å². The third kappa shape index (κ3) is 10.7. The number of likely N-dealkylation sites (tertiary alicyclic amines) is 1. The smallest absolute Gasteiger partial charge is 0.248 e. The maximum absolute atomic E-state index is 12.7. The van der Waals surface area contributed by atoms with Crippen LogP contribution < -0.4 is 15.8 Å². The Morgan fingerprint density at radius 2 is 1.91 bits per heavy atom. The lowest BCUT2D eigenvalue weighted by molar-refractivity contribution is -0.131. The van der Waals surface area contributed by atoms with E-state index in [0.29, 0.717) is 61.0 Å². The number of aliphatic hydroxyl groups is 2. The van der Waals surface area contributed by atoms with E-state index in [9.17, 15) is 24.9 Å². The van der Waals surface area contributed by atoms with Gasteiger partial charge in [0.25, 0.3) is 0 Å². The molecule has 0 aliphatic carbocycles. The Balaban J connectivity index is 0.861. The van der Waals surface area contributed by atoms with Gasteiger partial charge in [-0.25, -0.2) is 9.97 Å². The van der Waals surface area contributed by atoms with Crippen LogP contribution >= 0.6 is 0 Å². The van der Waals surface area contributed by atoms with E-state index < -0.39 is 11.7 Å². The highest BCUT2D eigenvalue weighted by molar-refractivity contribution is 5.87. The number of likely N-dealkylation sites (N-methyl/N-ethyl adjacent to an activating group) is 1. The van der Waals surface area contributed by atoms with Crippen LogP contribution in [0.25, 0.3) is 10.9 Å². The molecular weight excluding hydrogens is 702 g/mol. The zero-order valence-corrected chi connectivity index (χ0v) is 32.2. The van der Waals surface area contributed by atoms with Crippen molar-refractivity contribution in [2.75, 3.05) is 77.6 Å². The van der Waals surface area contributed by atoms with Gasteiger partial charge in [-0.15, -0.1) is 0 Å². The van der Waals surface area contributed by atoms with E-state index in [4.69, 9.17) is 9.47 Å². The molecule has 0 unspecified atom stereocenters. The first-order valence-electron chi connectivity index (χ1n) is 19.2. The molecule has 1 amide bonds. The predicted molar refractivity (Wildman–Crippen MR) is 210 cm³/mol. The van der Waals surface area contributed by atoms with Crippen LogP contribution in [0.15, 0.2) is 65.6 Å². The molecule has 2 aliphatic rings. The van der Waals surface area contributed by atoms with Crippen LogP contribution in [0.2, 0.25) is 0 Å². The number of fused-ring (bicyclic) bond motifs is 1. The third-order valence-corrected chi connectivity index (χ3v) is 10.6.